The maximum absolute atomic E-state index is 12.3. The van der Waals surface area contributed by atoms with E-state index in [0.717, 1.165) is 11.1 Å². The zero-order chi connectivity index (χ0) is 16.2. The van der Waals surface area contributed by atoms with Crippen molar-refractivity contribution in [2.45, 2.75) is 25.9 Å². The number of hydrogen-bond donors (Lipinski definition) is 1. The molecule has 1 unspecified atom stereocenters. The van der Waals surface area contributed by atoms with Gasteiger partial charge in [0.1, 0.15) is 5.76 Å². The van der Waals surface area contributed by atoms with Crippen molar-refractivity contribution in [2.75, 3.05) is 0 Å². The van der Waals surface area contributed by atoms with Crippen LogP contribution in [0.5, 0.6) is 0 Å². The third-order valence-corrected chi connectivity index (χ3v) is 3.89. The molecule has 5 heteroatoms. The summed E-state index contributed by atoms with van der Waals surface area (Å²) in [5.74, 6) is 0.494. The summed E-state index contributed by atoms with van der Waals surface area (Å²) in [4.78, 5) is 25.7. The maximum atomic E-state index is 12.3. The Balaban J connectivity index is 1.74. The van der Waals surface area contributed by atoms with Crippen molar-refractivity contribution >= 4 is 17.9 Å². The summed E-state index contributed by atoms with van der Waals surface area (Å²) in [5, 5.41) is 2.83. The van der Waals surface area contributed by atoms with Crippen molar-refractivity contribution in [2.24, 2.45) is 0 Å². The molecule has 1 aliphatic heterocycles. The SMILES string of the molecule is CC(=O)N1C=Cc2ccccc2C1CC(=O)NCc1ccco1. The summed E-state index contributed by atoms with van der Waals surface area (Å²) in [6.45, 7) is 1.85. The van der Waals surface area contributed by atoms with Crippen molar-refractivity contribution in [3.63, 3.8) is 0 Å². The molecule has 0 fully saturated rings. The topological polar surface area (TPSA) is 62.6 Å². The number of nitrogens with one attached hydrogen (secondary N) is 1. The van der Waals surface area contributed by atoms with Crippen molar-refractivity contribution < 1.29 is 14.0 Å². The molecule has 0 spiro atoms. The second-order valence-corrected chi connectivity index (χ2v) is 5.45. The highest BCUT2D eigenvalue weighted by Gasteiger charge is 2.28. The first-order chi connectivity index (χ1) is 11.1. The van der Waals surface area contributed by atoms with Crippen molar-refractivity contribution in [3.8, 4) is 0 Å². The molecule has 2 aromatic rings. The van der Waals surface area contributed by atoms with Crippen molar-refractivity contribution in [1.29, 1.82) is 0 Å². The highest BCUT2D eigenvalue weighted by molar-refractivity contribution is 5.81. The predicted molar refractivity (Wildman–Crippen MR) is 85.9 cm³/mol. The second-order valence-electron chi connectivity index (χ2n) is 5.45. The molecule has 23 heavy (non-hydrogen) atoms. The Kier molecular flexibility index (Phi) is 4.28. The quantitative estimate of drug-likeness (QED) is 0.944. The van der Waals surface area contributed by atoms with Gasteiger partial charge in [-0.2, -0.15) is 0 Å². The molecular formula is C18H18N2O3. The van der Waals surface area contributed by atoms with Gasteiger partial charge >= 0.3 is 0 Å². The van der Waals surface area contributed by atoms with E-state index in [0.29, 0.717) is 12.3 Å². The summed E-state index contributed by atoms with van der Waals surface area (Å²) in [5.41, 5.74) is 2.02. The number of benzene rings is 1. The first-order valence-electron chi connectivity index (χ1n) is 7.50. The molecule has 0 saturated heterocycles. The van der Waals surface area contributed by atoms with Gasteiger partial charge < -0.3 is 14.6 Å². The molecule has 1 aromatic carbocycles. The summed E-state index contributed by atoms with van der Waals surface area (Å²) >= 11 is 0. The molecule has 0 saturated carbocycles. The lowest BCUT2D eigenvalue weighted by atomic mass is 9.93. The van der Waals surface area contributed by atoms with E-state index in [9.17, 15) is 9.59 Å². The van der Waals surface area contributed by atoms with E-state index >= 15 is 0 Å². The number of carbonyl (C=O) groups excluding carboxylic acids is 2. The van der Waals surface area contributed by atoms with Crippen LogP contribution < -0.4 is 5.32 Å². The lowest BCUT2D eigenvalue weighted by molar-refractivity contribution is -0.130. The summed E-state index contributed by atoms with van der Waals surface area (Å²) < 4.78 is 5.20. The number of amides is 2. The van der Waals surface area contributed by atoms with Crippen LogP contribution in [0.3, 0.4) is 0 Å². The van der Waals surface area contributed by atoms with Gasteiger partial charge in [-0.3, -0.25) is 9.59 Å². The molecule has 0 aliphatic carbocycles. The Morgan fingerprint density at radius 1 is 1.22 bits per heavy atom. The minimum absolute atomic E-state index is 0.0837. The molecule has 5 nitrogen and oxygen atoms in total. The molecular weight excluding hydrogens is 292 g/mol. The average molecular weight is 310 g/mol. The van der Waals surface area contributed by atoms with Crippen LogP contribution in [-0.2, 0) is 16.1 Å². The van der Waals surface area contributed by atoms with E-state index in [-0.39, 0.29) is 24.3 Å². The van der Waals surface area contributed by atoms with Crippen LogP contribution in [0.2, 0.25) is 0 Å². The fraction of sp³-hybridized carbons (Fsp3) is 0.222. The highest BCUT2D eigenvalue weighted by atomic mass is 16.3. The Morgan fingerprint density at radius 3 is 2.78 bits per heavy atom. The lowest BCUT2D eigenvalue weighted by Crippen LogP contribution is -2.35. The van der Waals surface area contributed by atoms with Gasteiger partial charge in [-0.25, -0.2) is 0 Å². The van der Waals surface area contributed by atoms with Gasteiger partial charge in [0.25, 0.3) is 0 Å². The summed E-state index contributed by atoms with van der Waals surface area (Å²) in [7, 11) is 0. The number of fused-ring (bicyclic) bond motifs is 1. The average Bonchev–Trinajstić information content (AvgIpc) is 3.06. The smallest absolute Gasteiger partial charge is 0.223 e. The molecule has 1 N–H and O–H groups in total. The van der Waals surface area contributed by atoms with E-state index in [4.69, 9.17) is 4.42 Å². The molecule has 3 rings (SSSR count). The van der Waals surface area contributed by atoms with Crippen LogP contribution in [0.4, 0.5) is 0 Å². The molecule has 2 amide bonds. The molecule has 1 atom stereocenters. The molecule has 0 radical (unpaired) electrons. The van der Waals surface area contributed by atoms with Crippen LogP contribution in [-0.4, -0.2) is 16.7 Å². The van der Waals surface area contributed by atoms with Gasteiger partial charge in [0.2, 0.25) is 11.8 Å². The predicted octanol–water partition coefficient (Wildman–Crippen LogP) is 2.86. The summed E-state index contributed by atoms with van der Waals surface area (Å²) in [6.07, 6.45) is 5.42. The second kappa shape index (κ2) is 6.52. The van der Waals surface area contributed by atoms with Crippen LogP contribution in [0, 0.1) is 0 Å². The minimum Gasteiger partial charge on any atom is -0.467 e. The number of furan rings is 1. The Labute approximate surface area is 134 Å². The highest BCUT2D eigenvalue weighted by Crippen LogP contribution is 2.32. The van der Waals surface area contributed by atoms with Crippen LogP contribution in [0.25, 0.3) is 6.08 Å². The van der Waals surface area contributed by atoms with Gasteiger partial charge in [0, 0.05) is 13.1 Å². The van der Waals surface area contributed by atoms with Crippen LogP contribution in [0.1, 0.15) is 36.3 Å². The molecule has 1 aliphatic rings. The number of rotatable bonds is 4. The largest absolute Gasteiger partial charge is 0.467 e. The van der Waals surface area contributed by atoms with E-state index in [1.54, 1.807) is 29.5 Å². The van der Waals surface area contributed by atoms with Crippen LogP contribution in [0.15, 0.2) is 53.3 Å². The Hall–Kier alpha value is -2.82. The molecule has 1 aromatic heterocycles. The standard InChI is InChI=1S/C18H18N2O3/c1-13(21)20-9-8-14-5-2-3-7-16(14)17(20)11-18(22)19-12-15-6-4-10-23-15/h2-10,17H,11-12H2,1H3,(H,19,22). The van der Waals surface area contributed by atoms with Gasteiger partial charge in [-0.1, -0.05) is 24.3 Å². The van der Waals surface area contributed by atoms with Gasteiger partial charge in [0.15, 0.2) is 0 Å². The zero-order valence-corrected chi connectivity index (χ0v) is 12.9. The number of hydrogen-bond acceptors (Lipinski definition) is 3. The summed E-state index contributed by atoms with van der Waals surface area (Å²) in [6, 6.07) is 11.1. The van der Waals surface area contributed by atoms with E-state index in [1.807, 2.05) is 30.3 Å². The zero-order valence-electron chi connectivity index (χ0n) is 12.9. The van der Waals surface area contributed by atoms with E-state index in [2.05, 4.69) is 5.32 Å². The van der Waals surface area contributed by atoms with Crippen LogP contribution >= 0.6 is 0 Å². The van der Waals surface area contributed by atoms with Crippen molar-refractivity contribution in [3.05, 3.63) is 65.7 Å². The number of carbonyl (C=O) groups is 2. The molecule has 0 bridgehead atoms. The van der Waals surface area contributed by atoms with Gasteiger partial charge in [0.05, 0.1) is 25.3 Å². The first-order valence-corrected chi connectivity index (χ1v) is 7.50. The minimum atomic E-state index is -0.287. The molecule has 118 valence electrons. The molecule has 2 heterocycles. The maximum Gasteiger partial charge on any atom is 0.223 e. The van der Waals surface area contributed by atoms with Gasteiger partial charge in [-0.05, 0) is 29.3 Å². The monoisotopic (exact) mass is 310 g/mol. The third-order valence-electron chi connectivity index (χ3n) is 3.89. The normalized spacial score (nSPS) is 16.0. The fourth-order valence-electron chi connectivity index (χ4n) is 2.76. The van der Waals surface area contributed by atoms with Gasteiger partial charge in [-0.15, -0.1) is 0 Å². The number of nitrogens with zero attached hydrogens (tertiary/aromatic N) is 1. The Morgan fingerprint density at radius 2 is 2.04 bits per heavy atom. The van der Waals surface area contributed by atoms with Crippen molar-refractivity contribution in [1.82, 2.24) is 10.2 Å². The Bertz CT molecular complexity index is 734. The fourth-order valence-corrected chi connectivity index (χ4v) is 2.76. The first kappa shape index (κ1) is 15.1. The van der Waals surface area contributed by atoms with E-state index < -0.39 is 0 Å². The van der Waals surface area contributed by atoms with E-state index in [1.165, 1.54) is 6.92 Å². The lowest BCUT2D eigenvalue weighted by Gasteiger charge is -2.32. The third kappa shape index (κ3) is 3.34.